The number of hydrogen-bond acceptors (Lipinski definition) is 4. The highest BCUT2D eigenvalue weighted by molar-refractivity contribution is 7.13. The average Bonchev–Trinajstić information content (AvgIpc) is 2.69. The lowest BCUT2D eigenvalue weighted by atomic mass is 9.91. The fraction of sp³-hybridized carbons (Fsp3) is 0.714. The van der Waals surface area contributed by atoms with Gasteiger partial charge in [-0.25, -0.2) is 9.78 Å². The molecule has 1 atom stereocenters. The van der Waals surface area contributed by atoms with Crippen LogP contribution in [-0.2, 0) is 10.2 Å². The van der Waals surface area contributed by atoms with E-state index in [2.05, 4.69) is 18.8 Å². The van der Waals surface area contributed by atoms with Crippen LogP contribution in [0.2, 0.25) is 0 Å². The zero-order valence-corrected chi connectivity index (χ0v) is 13.3. The Morgan fingerprint density at radius 3 is 2.32 bits per heavy atom. The molecule has 0 spiro atoms. The van der Waals surface area contributed by atoms with Crippen LogP contribution >= 0.6 is 11.3 Å². The summed E-state index contributed by atoms with van der Waals surface area (Å²) in [5.74, 6) is -0.645. The number of ether oxygens (including phenoxy) is 1. The number of carbonyl (C=O) groups is 1. The highest BCUT2D eigenvalue weighted by Gasteiger charge is 2.30. The average molecular weight is 285 g/mol. The summed E-state index contributed by atoms with van der Waals surface area (Å²) in [7, 11) is 0. The molecule has 0 saturated carbocycles. The van der Waals surface area contributed by atoms with Crippen molar-refractivity contribution in [1.82, 2.24) is 4.98 Å². The molecule has 0 fully saturated rings. The molecule has 0 aromatic carbocycles. The van der Waals surface area contributed by atoms with Gasteiger partial charge in [0.25, 0.3) is 0 Å². The van der Waals surface area contributed by atoms with Gasteiger partial charge in [-0.2, -0.15) is 0 Å². The predicted molar refractivity (Wildman–Crippen MR) is 77.0 cm³/mol. The van der Waals surface area contributed by atoms with E-state index in [0.717, 1.165) is 5.01 Å². The van der Waals surface area contributed by atoms with Gasteiger partial charge in [-0.3, -0.25) is 0 Å². The Morgan fingerprint density at radius 1 is 1.42 bits per heavy atom. The molecule has 4 nitrogen and oxygen atoms in total. The zero-order chi connectivity index (χ0) is 14.8. The molecule has 1 heterocycles. The second-order valence-electron chi connectivity index (χ2n) is 5.90. The largest absolute Gasteiger partial charge is 0.477 e. The lowest BCUT2D eigenvalue weighted by Crippen LogP contribution is -2.17. The minimum absolute atomic E-state index is 0.135. The molecule has 0 bridgehead atoms. The lowest BCUT2D eigenvalue weighted by Gasteiger charge is -2.19. The Labute approximate surface area is 118 Å². The van der Waals surface area contributed by atoms with E-state index in [1.54, 1.807) is 0 Å². The van der Waals surface area contributed by atoms with Gasteiger partial charge in [-0.05, 0) is 12.8 Å². The molecular formula is C14H23NO3S. The second kappa shape index (κ2) is 6.01. The molecule has 108 valence electrons. The monoisotopic (exact) mass is 285 g/mol. The molecule has 1 aromatic rings. The van der Waals surface area contributed by atoms with Crippen molar-refractivity contribution in [1.29, 1.82) is 0 Å². The minimum Gasteiger partial charge on any atom is -0.477 e. The van der Waals surface area contributed by atoms with E-state index in [4.69, 9.17) is 4.74 Å². The Balaban J connectivity index is 3.27. The lowest BCUT2D eigenvalue weighted by molar-refractivity contribution is 0.0291. The molecule has 1 rings (SSSR count). The summed E-state index contributed by atoms with van der Waals surface area (Å²) in [5, 5.41) is 10.1. The van der Waals surface area contributed by atoms with Crippen molar-refractivity contribution in [3.63, 3.8) is 0 Å². The number of rotatable bonds is 5. The van der Waals surface area contributed by atoms with Crippen LogP contribution in [0.25, 0.3) is 0 Å². The maximum atomic E-state index is 11.4. The molecule has 5 heteroatoms. The summed E-state index contributed by atoms with van der Waals surface area (Å²) in [6, 6.07) is 0. The topological polar surface area (TPSA) is 59.4 Å². The van der Waals surface area contributed by atoms with Gasteiger partial charge >= 0.3 is 5.97 Å². The van der Waals surface area contributed by atoms with Crippen molar-refractivity contribution in [3.8, 4) is 0 Å². The fourth-order valence-corrected chi connectivity index (χ4v) is 3.18. The van der Waals surface area contributed by atoms with E-state index in [-0.39, 0.29) is 17.4 Å². The highest BCUT2D eigenvalue weighted by atomic mass is 32.1. The van der Waals surface area contributed by atoms with Gasteiger partial charge in [0.2, 0.25) is 0 Å². The predicted octanol–water partition coefficient (Wildman–Crippen LogP) is 3.87. The third kappa shape index (κ3) is 3.76. The van der Waals surface area contributed by atoms with Crippen molar-refractivity contribution in [2.24, 2.45) is 5.92 Å². The molecule has 0 saturated heterocycles. The van der Waals surface area contributed by atoms with Crippen molar-refractivity contribution in [2.45, 2.75) is 53.1 Å². The quantitative estimate of drug-likeness (QED) is 0.892. The summed E-state index contributed by atoms with van der Waals surface area (Å²) in [4.78, 5) is 16.2. The molecule has 1 N–H and O–H groups in total. The van der Waals surface area contributed by atoms with Crippen LogP contribution in [0.3, 0.4) is 0 Å². The van der Waals surface area contributed by atoms with E-state index < -0.39 is 5.97 Å². The third-order valence-corrected chi connectivity index (χ3v) is 3.85. The number of aromatic carboxylic acids is 1. The summed E-state index contributed by atoms with van der Waals surface area (Å²) in [5.41, 5.74) is 0.362. The number of carboxylic acids is 1. The Bertz CT molecular complexity index is 446. The molecule has 0 amide bonds. The standard InChI is InChI=1S/C14H23NO3S/c1-7-18-9(8(2)3)12-15-11(14(4,5)6)10(19-12)13(16)17/h8-9H,7H2,1-6H3,(H,16,17). The van der Waals surface area contributed by atoms with Crippen LogP contribution in [0.4, 0.5) is 0 Å². The highest BCUT2D eigenvalue weighted by Crippen LogP contribution is 2.35. The molecule has 0 aliphatic heterocycles. The van der Waals surface area contributed by atoms with Gasteiger partial charge in [-0.15, -0.1) is 11.3 Å². The zero-order valence-electron chi connectivity index (χ0n) is 12.5. The number of thiazole rings is 1. The van der Waals surface area contributed by atoms with E-state index in [9.17, 15) is 9.90 Å². The van der Waals surface area contributed by atoms with Crippen LogP contribution in [-0.4, -0.2) is 22.7 Å². The normalized spacial score (nSPS) is 13.8. The molecule has 0 aliphatic rings. The summed E-state index contributed by atoms with van der Waals surface area (Å²) in [6.45, 7) is 12.6. The van der Waals surface area contributed by atoms with E-state index in [1.807, 2.05) is 27.7 Å². The van der Waals surface area contributed by atoms with Crippen molar-refractivity contribution in [3.05, 3.63) is 15.6 Å². The smallest absolute Gasteiger partial charge is 0.347 e. The van der Waals surface area contributed by atoms with Crippen molar-refractivity contribution in [2.75, 3.05) is 6.61 Å². The first-order chi connectivity index (χ1) is 8.68. The van der Waals surface area contributed by atoms with Crippen LogP contribution in [0, 0.1) is 5.92 Å². The molecule has 0 aliphatic carbocycles. The number of carboxylic acid groups (broad SMARTS) is 1. The van der Waals surface area contributed by atoms with E-state index >= 15 is 0 Å². The molecular weight excluding hydrogens is 262 g/mol. The summed E-state index contributed by atoms with van der Waals surface area (Å²) >= 11 is 1.24. The Hall–Kier alpha value is -0.940. The molecule has 0 radical (unpaired) electrons. The van der Waals surface area contributed by atoms with E-state index in [0.29, 0.717) is 17.2 Å². The first kappa shape index (κ1) is 16.1. The van der Waals surface area contributed by atoms with Gasteiger partial charge < -0.3 is 9.84 Å². The van der Waals surface area contributed by atoms with E-state index in [1.165, 1.54) is 11.3 Å². The summed E-state index contributed by atoms with van der Waals surface area (Å²) in [6.07, 6.45) is -0.135. The molecule has 19 heavy (non-hydrogen) atoms. The summed E-state index contributed by atoms with van der Waals surface area (Å²) < 4.78 is 5.71. The number of aromatic nitrogens is 1. The number of nitrogens with zero attached hydrogens (tertiary/aromatic N) is 1. The fourth-order valence-electron chi connectivity index (χ4n) is 1.84. The SMILES string of the molecule is CCOC(c1nc(C(C)(C)C)c(C(=O)O)s1)C(C)C. The Morgan fingerprint density at radius 2 is 2.00 bits per heavy atom. The maximum absolute atomic E-state index is 11.4. The van der Waals surface area contributed by atoms with Gasteiger partial charge in [0.05, 0.1) is 5.69 Å². The van der Waals surface area contributed by atoms with Crippen LogP contribution in [0.15, 0.2) is 0 Å². The Kier molecular flexibility index (Phi) is 5.10. The second-order valence-corrected chi connectivity index (χ2v) is 6.94. The van der Waals surface area contributed by atoms with Crippen molar-refractivity contribution >= 4 is 17.3 Å². The van der Waals surface area contributed by atoms with Crippen molar-refractivity contribution < 1.29 is 14.6 Å². The first-order valence-corrected chi connectivity index (χ1v) is 7.36. The van der Waals surface area contributed by atoms with Gasteiger partial charge in [0, 0.05) is 12.0 Å². The van der Waals surface area contributed by atoms with Crippen LogP contribution in [0.5, 0.6) is 0 Å². The molecule has 1 unspecified atom stereocenters. The van der Waals surface area contributed by atoms with Crippen LogP contribution in [0.1, 0.15) is 68.0 Å². The van der Waals surface area contributed by atoms with Crippen LogP contribution < -0.4 is 0 Å². The molecule has 1 aromatic heterocycles. The minimum atomic E-state index is -0.910. The van der Waals surface area contributed by atoms with Gasteiger partial charge in [-0.1, -0.05) is 34.6 Å². The number of hydrogen-bond donors (Lipinski definition) is 1. The first-order valence-electron chi connectivity index (χ1n) is 6.54. The third-order valence-electron chi connectivity index (χ3n) is 2.74. The van der Waals surface area contributed by atoms with Gasteiger partial charge in [0.15, 0.2) is 0 Å². The van der Waals surface area contributed by atoms with Gasteiger partial charge in [0.1, 0.15) is 16.0 Å². The maximum Gasteiger partial charge on any atom is 0.347 e.